The number of nitrogens with zero attached hydrogens (tertiary/aromatic N) is 1. The van der Waals surface area contributed by atoms with Crippen LogP contribution in [0.1, 0.15) is 22.7 Å². The van der Waals surface area contributed by atoms with Gasteiger partial charge in [-0.15, -0.1) is 11.3 Å². The number of hydrogen-bond acceptors (Lipinski definition) is 4. The van der Waals surface area contributed by atoms with E-state index in [0.29, 0.717) is 10.3 Å². The molecule has 0 spiro atoms. The summed E-state index contributed by atoms with van der Waals surface area (Å²) in [4.78, 5) is 20.5. The second-order valence-corrected chi connectivity index (χ2v) is 5.82. The van der Waals surface area contributed by atoms with Gasteiger partial charge in [-0.1, -0.05) is 0 Å². The van der Waals surface area contributed by atoms with E-state index in [1.165, 1.54) is 16.1 Å². The van der Waals surface area contributed by atoms with Crippen LogP contribution in [0.4, 0.5) is 5.82 Å². The standard InChI is InChI=1S/C11H12BrN3OS/c1-6-3-4-8(17-6)7(2)15-10-9(12)11(16)14-5-13-10/h3-5,7H,1-2H3,(H2,13,14,15,16). The first-order chi connectivity index (χ1) is 8.08. The van der Waals surface area contributed by atoms with E-state index >= 15 is 0 Å². The number of aryl methyl sites for hydroxylation is 1. The van der Waals surface area contributed by atoms with Gasteiger partial charge in [0.25, 0.3) is 5.56 Å². The Morgan fingerprint density at radius 2 is 2.29 bits per heavy atom. The molecule has 0 radical (unpaired) electrons. The van der Waals surface area contributed by atoms with E-state index in [-0.39, 0.29) is 11.6 Å². The summed E-state index contributed by atoms with van der Waals surface area (Å²) in [5.41, 5.74) is -0.183. The average Bonchev–Trinajstić information content (AvgIpc) is 2.72. The molecule has 0 saturated carbocycles. The Bertz CT molecular complexity index is 578. The molecule has 90 valence electrons. The Labute approximate surface area is 111 Å². The highest BCUT2D eigenvalue weighted by Crippen LogP contribution is 2.26. The number of anilines is 1. The average molecular weight is 314 g/mol. The fourth-order valence-electron chi connectivity index (χ4n) is 1.45. The van der Waals surface area contributed by atoms with Gasteiger partial charge >= 0.3 is 0 Å². The van der Waals surface area contributed by atoms with Crippen LogP contribution < -0.4 is 10.9 Å². The fraction of sp³-hybridized carbons (Fsp3) is 0.273. The van der Waals surface area contributed by atoms with E-state index in [2.05, 4.69) is 50.3 Å². The van der Waals surface area contributed by atoms with Gasteiger partial charge < -0.3 is 10.3 Å². The molecular weight excluding hydrogens is 302 g/mol. The lowest BCUT2D eigenvalue weighted by molar-refractivity contribution is 0.887. The summed E-state index contributed by atoms with van der Waals surface area (Å²) >= 11 is 4.95. The van der Waals surface area contributed by atoms with Gasteiger partial charge in [0.2, 0.25) is 0 Å². The molecule has 4 nitrogen and oxygen atoms in total. The smallest absolute Gasteiger partial charge is 0.267 e. The summed E-state index contributed by atoms with van der Waals surface area (Å²) in [6.07, 6.45) is 1.39. The lowest BCUT2D eigenvalue weighted by Crippen LogP contribution is -2.14. The van der Waals surface area contributed by atoms with Gasteiger partial charge in [0.15, 0.2) is 0 Å². The zero-order chi connectivity index (χ0) is 12.4. The maximum Gasteiger partial charge on any atom is 0.267 e. The van der Waals surface area contributed by atoms with Crippen molar-refractivity contribution in [2.24, 2.45) is 0 Å². The van der Waals surface area contributed by atoms with Crippen molar-refractivity contribution in [2.45, 2.75) is 19.9 Å². The van der Waals surface area contributed by atoms with Gasteiger partial charge in [-0.2, -0.15) is 0 Å². The zero-order valence-electron chi connectivity index (χ0n) is 9.45. The highest BCUT2D eigenvalue weighted by Gasteiger charge is 2.11. The molecule has 2 aromatic heterocycles. The minimum absolute atomic E-state index is 0.124. The number of aromatic nitrogens is 2. The summed E-state index contributed by atoms with van der Waals surface area (Å²) in [5.74, 6) is 0.562. The summed E-state index contributed by atoms with van der Waals surface area (Å²) < 4.78 is 0.431. The molecule has 2 aromatic rings. The monoisotopic (exact) mass is 313 g/mol. The zero-order valence-corrected chi connectivity index (χ0v) is 11.9. The summed E-state index contributed by atoms with van der Waals surface area (Å²) in [6.45, 7) is 4.11. The number of H-pyrrole nitrogens is 1. The van der Waals surface area contributed by atoms with Gasteiger partial charge in [-0.25, -0.2) is 4.98 Å². The van der Waals surface area contributed by atoms with Crippen LogP contribution in [0.15, 0.2) is 27.7 Å². The van der Waals surface area contributed by atoms with Crippen molar-refractivity contribution in [1.82, 2.24) is 9.97 Å². The van der Waals surface area contributed by atoms with Crippen LogP contribution >= 0.6 is 27.3 Å². The number of rotatable bonds is 3. The van der Waals surface area contributed by atoms with Crippen LogP contribution in [0.5, 0.6) is 0 Å². The first-order valence-electron chi connectivity index (χ1n) is 5.14. The van der Waals surface area contributed by atoms with Gasteiger partial charge in [-0.3, -0.25) is 4.79 Å². The summed E-state index contributed by atoms with van der Waals surface area (Å²) in [6, 6.07) is 4.29. The molecule has 0 aliphatic rings. The van der Waals surface area contributed by atoms with Gasteiger partial charge in [0, 0.05) is 9.75 Å². The number of aromatic amines is 1. The quantitative estimate of drug-likeness (QED) is 0.915. The number of halogens is 1. The SMILES string of the molecule is Cc1ccc(C(C)Nc2nc[nH]c(=O)c2Br)s1. The molecule has 0 amide bonds. The van der Waals surface area contributed by atoms with Gasteiger partial charge in [-0.05, 0) is 41.9 Å². The second-order valence-electron chi connectivity index (χ2n) is 3.71. The number of nitrogens with one attached hydrogen (secondary N) is 2. The molecule has 0 fully saturated rings. The lowest BCUT2D eigenvalue weighted by atomic mass is 10.2. The van der Waals surface area contributed by atoms with Crippen molar-refractivity contribution in [3.8, 4) is 0 Å². The van der Waals surface area contributed by atoms with Crippen molar-refractivity contribution in [1.29, 1.82) is 0 Å². The molecular formula is C11H12BrN3OS. The highest BCUT2D eigenvalue weighted by molar-refractivity contribution is 9.10. The van der Waals surface area contributed by atoms with Crippen LogP contribution in [-0.4, -0.2) is 9.97 Å². The van der Waals surface area contributed by atoms with Gasteiger partial charge in [0.05, 0.1) is 12.4 Å². The van der Waals surface area contributed by atoms with E-state index < -0.39 is 0 Å². The largest absolute Gasteiger partial charge is 0.362 e. The van der Waals surface area contributed by atoms with Crippen LogP contribution in [0.2, 0.25) is 0 Å². The molecule has 1 unspecified atom stereocenters. The van der Waals surface area contributed by atoms with Gasteiger partial charge in [0.1, 0.15) is 10.3 Å². The number of hydrogen-bond donors (Lipinski definition) is 2. The van der Waals surface area contributed by atoms with Crippen LogP contribution in [0.3, 0.4) is 0 Å². The molecule has 0 aliphatic heterocycles. The molecule has 2 rings (SSSR count). The predicted molar refractivity (Wildman–Crippen MR) is 73.7 cm³/mol. The Balaban J connectivity index is 2.21. The Morgan fingerprint density at radius 3 is 2.94 bits per heavy atom. The fourth-order valence-corrected chi connectivity index (χ4v) is 2.66. The molecule has 0 aliphatic carbocycles. The Hall–Kier alpha value is -1.14. The summed E-state index contributed by atoms with van der Waals surface area (Å²) in [5, 5.41) is 3.21. The molecule has 0 aromatic carbocycles. The van der Waals surface area contributed by atoms with E-state index in [0.717, 1.165) is 0 Å². The molecule has 6 heteroatoms. The number of thiophene rings is 1. The Morgan fingerprint density at radius 1 is 1.53 bits per heavy atom. The maximum absolute atomic E-state index is 11.4. The minimum atomic E-state index is -0.183. The normalized spacial score (nSPS) is 12.4. The van der Waals surface area contributed by atoms with Crippen LogP contribution in [0.25, 0.3) is 0 Å². The molecule has 2 heterocycles. The van der Waals surface area contributed by atoms with Crippen molar-refractivity contribution in [2.75, 3.05) is 5.32 Å². The van der Waals surface area contributed by atoms with E-state index in [9.17, 15) is 4.79 Å². The molecule has 17 heavy (non-hydrogen) atoms. The van der Waals surface area contributed by atoms with Crippen molar-refractivity contribution in [3.63, 3.8) is 0 Å². The van der Waals surface area contributed by atoms with E-state index in [1.807, 2.05) is 6.92 Å². The van der Waals surface area contributed by atoms with Crippen molar-refractivity contribution in [3.05, 3.63) is 43.0 Å². The highest BCUT2D eigenvalue weighted by atomic mass is 79.9. The first kappa shape index (κ1) is 12.3. The predicted octanol–water partition coefficient (Wildman–Crippen LogP) is 3.08. The van der Waals surface area contributed by atoms with E-state index in [4.69, 9.17) is 0 Å². The molecule has 0 bridgehead atoms. The topological polar surface area (TPSA) is 57.8 Å². The maximum atomic E-state index is 11.4. The third-order valence-corrected chi connectivity index (χ3v) is 4.26. The first-order valence-corrected chi connectivity index (χ1v) is 6.75. The lowest BCUT2D eigenvalue weighted by Gasteiger charge is -2.13. The van der Waals surface area contributed by atoms with Crippen molar-refractivity contribution >= 4 is 33.1 Å². The minimum Gasteiger partial charge on any atom is -0.362 e. The third-order valence-electron chi connectivity index (χ3n) is 2.34. The van der Waals surface area contributed by atoms with Crippen LogP contribution in [-0.2, 0) is 0 Å². The molecule has 0 saturated heterocycles. The Kier molecular flexibility index (Phi) is 3.63. The molecule has 1 atom stereocenters. The molecule has 2 N–H and O–H groups in total. The second kappa shape index (κ2) is 5.01. The van der Waals surface area contributed by atoms with E-state index in [1.54, 1.807) is 11.3 Å². The summed E-state index contributed by atoms with van der Waals surface area (Å²) in [7, 11) is 0. The van der Waals surface area contributed by atoms with Crippen molar-refractivity contribution < 1.29 is 0 Å². The van der Waals surface area contributed by atoms with Crippen LogP contribution in [0, 0.1) is 6.92 Å². The third kappa shape index (κ3) is 2.76.